The Hall–Kier alpha value is -2.80. The predicted octanol–water partition coefficient (Wildman–Crippen LogP) is 2.27. The summed E-state index contributed by atoms with van der Waals surface area (Å²) in [5.41, 5.74) is 0.548. The minimum atomic E-state index is -0.340. The number of piperazine rings is 1. The number of hydrogen-bond acceptors (Lipinski definition) is 4. The first kappa shape index (κ1) is 19.5. The highest BCUT2D eigenvalue weighted by Gasteiger charge is 2.37. The van der Waals surface area contributed by atoms with Crippen LogP contribution in [0.3, 0.4) is 0 Å². The summed E-state index contributed by atoms with van der Waals surface area (Å²) in [5, 5.41) is 0.523. The molecule has 3 heterocycles. The van der Waals surface area contributed by atoms with E-state index in [-0.39, 0.29) is 30.1 Å². The number of rotatable bonds is 4. The number of furan rings is 1. The van der Waals surface area contributed by atoms with Crippen molar-refractivity contribution < 1.29 is 18.8 Å². The van der Waals surface area contributed by atoms with Crippen LogP contribution in [-0.4, -0.2) is 65.1 Å². The molecule has 2 aliphatic rings. The maximum absolute atomic E-state index is 12.9. The van der Waals surface area contributed by atoms with E-state index in [4.69, 9.17) is 16.0 Å². The Kier molecular flexibility index (Phi) is 5.58. The summed E-state index contributed by atoms with van der Waals surface area (Å²) in [4.78, 5) is 42.9. The van der Waals surface area contributed by atoms with E-state index >= 15 is 0 Å². The zero-order valence-electron chi connectivity index (χ0n) is 15.9. The first-order valence-electron chi connectivity index (χ1n) is 9.65. The Balaban J connectivity index is 1.31. The van der Waals surface area contributed by atoms with E-state index in [0.717, 1.165) is 0 Å². The van der Waals surface area contributed by atoms with E-state index in [2.05, 4.69) is 0 Å². The quantitative estimate of drug-likeness (QED) is 0.767. The zero-order chi connectivity index (χ0) is 20.4. The van der Waals surface area contributed by atoms with Gasteiger partial charge in [-0.15, -0.1) is 0 Å². The molecule has 1 aromatic carbocycles. The third kappa shape index (κ3) is 4.29. The lowest BCUT2D eigenvalue weighted by Gasteiger charge is -2.36. The summed E-state index contributed by atoms with van der Waals surface area (Å²) in [6.07, 6.45) is 1.80. The second kappa shape index (κ2) is 8.29. The first-order chi connectivity index (χ1) is 14.0. The van der Waals surface area contributed by atoms with Crippen LogP contribution >= 0.6 is 11.6 Å². The maximum Gasteiger partial charge on any atom is 0.254 e. The molecule has 7 nitrogen and oxygen atoms in total. The van der Waals surface area contributed by atoms with E-state index in [1.165, 1.54) is 0 Å². The molecule has 1 aromatic heterocycles. The molecule has 2 aromatic rings. The van der Waals surface area contributed by atoms with Crippen molar-refractivity contribution in [1.82, 2.24) is 14.7 Å². The second-order valence-corrected chi connectivity index (χ2v) is 7.82. The van der Waals surface area contributed by atoms with Gasteiger partial charge in [0.15, 0.2) is 0 Å². The minimum absolute atomic E-state index is 0.0184. The summed E-state index contributed by atoms with van der Waals surface area (Å²) in [6.45, 7) is 2.65. The third-order valence-corrected chi connectivity index (χ3v) is 5.68. The van der Waals surface area contributed by atoms with Gasteiger partial charge in [-0.25, -0.2) is 0 Å². The normalized spacial score (nSPS) is 19.7. The van der Waals surface area contributed by atoms with Gasteiger partial charge in [0.05, 0.1) is 18.7 Å². The molecule has 0 aliphatic carbocycles. The molecule has 3 amide bonds. The highest BCUT2D eigenvalue weighted by molar-refractivity contribution is 6.30. The molecule has 0 bridgehead atoms. The van der Waals surface area contributed by atoms with Gasteiger partial charge in [0, 0.05) is 49.7 Å². The van der Waals surface area contributed by atoms with Crippen LogP contribution < -0.4 is 0 Å². The van der Waals surface area contributed by atoms with Gasteiger partial charge in [0.1, 0.15) is 5.76 Å². The summed E-state index contributed by atoms with van der Waals surface area (Å²) < 4.78 is 5.30. The molecule has 2 saturated heterocycles. The highest BCUT2D eigenvalue weighted by atomic mass is 35.5. The van der Waals surface area contributed by atoms with Crippen molar-refractivity contribution in [3.05, 3.63) is 59.0 Å². The van der Waals surface area contributed by atoms with E-state index in [1.54, 1.807) is 51.3 Å². The number of nitrogens with zero attached hydrogens (tertiary/aromatic N) is 3. The molecule has 0 spiro atoms. The predicted molar refractivity (Wildman–Crippen MR) is 106 cm³/mol. The summed E-state index contributed by atoms with van der Waals surface area (Å²) in [6, 6.07) is 10.5. The molecule has 4 rings (SSSR count). The van der Waals surface area contributed by atoms with Gasteiger partial charge in [-0.05, 0) is 30.3 Å². The van der Waals surface area contributed by atoms with Crippen molar-refractivity contribution in [2.75, 3.05) is 32.7 Å². The largest absolute Gasteiger partial charge is 0.467 e. The molecule has 0 saturated carbocycles. The van der Waals surface area contributed by atoms with Crippen LogP contribution in [0.4, 0.5) is 0 Å². The van der Waals surface area contributed by atoms with Gasteiger partial charge in [-0.2, -0.15) is 0 Å². The van der Waals surface area contributed by atoms with Crippen LogP contribution in [0.2, 0.25) is 5.02 Å². The molecular weight excluding hydrogens is 394 g/mol. The Morgan fingerprint density at radius 1 is 1.07 bits per heavy atom. The fourth-order valence-electron chi connectivity index (χ4n) is 3.87. The molecule has 152 valence electrons. The van der Waals surface area contributed by atoms with E-state index < -0.39 is 0 Å². The highest BCUT2D eigenvalue weighted by Crippen LogP contribution is 2.23. The Labute approximate surface area is 173 Å². The molecule has 1 atom stereocenters. The Morgan fingerprint density at radius 3 is 2.52 bits per heavy atom. The number of carbonyl (C=O) groups is 3. The Bertz CT molecular complexity index is 906. The van der Waals surface area contributed by atoms with Crippen LogP contribution in [0.1, 0.15) is 22.5 Å². The number of carbonyl (C=O) groups excluding carboxylic acids is 3. The average Bonchev–Trinajstić information content (AvgIpc) is 3.37. The fraction of sp³-hybridized carbons (Fsp3) is 0.381. The van der Waals surface area contributed by atoms with Gasteiger partial charge in [-0.3, -0.25) is 14.4 Å². The van der Waals surface area contributed by atoms with E-state index in [1.807, 2.05) is 6.07 Å². The number of likely N-dealkylation sites (tertiary alicyclic amines) is 1. The van der Waals surface area contributed by atoms with Gasteiger partial charge < -0.3 is 19.1 Å². The average molecular weight is 416 g/mol. The second-order valence-electron chi connectivity index (χ2n) is 7.38. The molecule has 1 unspecified atom stereocenters. The third-order valence-electron chi connectivity index (χ3n) is 5.44. The van der Waals surface area contributed by atoms with Crippen LogP contribution in [0.15, 0.2) is 47.1 Å². The summed E-state index contributed by atoms with van der Waals surface area (Å²) >= 11 is 5.97. The molecule has 2 fully saturated rings. The van der Waals surface area contributed by atoms with E-state index in [0.29, 0.717) is 55.6 Å². The standard InChI is InChI=1S/C21H22ClN3O4/c22-17-4-1-3-15(11-17)20(27)23-6-8-24(9-7-23)21(28)16-12-19(26)25(13-16)14-18-5-2-10-29-18/h1-5,10-11,16H,6-9,12-14H2. The molecule has 8 heteroatoms. The van der Waals surface area contributed by atoms with Crippen molar-refractivity contribution in [3.8, 4) is 0 Å². The van der Waals surface area contributed by atoms with Gasteiger partial charge in [0.25, 0.3) is 5.91 Å². The van der Waals surface area contributed by atoms with Crippen LogP contribution in [0, 0.1) is 5.92 Å². The van der Waals surface area contributed by atoms with Crippen LogP contribution in [0.25, 0.3) is 0 Å². The molecular formula is C21H22ClN3O4. The molecule has 29 heavy (non-hydrogen) atoms. The Morgan fingerprint density at radius 2 is 1.83 bits per heavy atom. The van der Waals surface area contributed by atoms with Crippen molar-refractivity contribution >= 4 is 29.3 Å². The zero-order valence-corrected chi connectivity index (χ0v) is 16.7. The van der Waals surface area contributed by atoms with Crippen molar-refractivity contribution in [3.63, 3.8) is 0 Å². The van der Waals surface area contributed by atoms with Crippen molar-refractivity contribution in [2.45, 2.75) is 13.0 Å². The van der Waals surface area contributed by atoms with Gasteiger partial charge >= 0.3 is 0 Å². The lowest BCUT2D eigenvalue weighted by atomic mass is 10.1. The van der Waals surface area contributed by atoms with E-state index in [9.17, 15) is 14.4 Å². The van der Waals surface area contributed by atoms with Crippen molar-refractivity contribution in [1.29, 1.82) is 0 Å². The number of amides is 3. The number of benzene rings is 1. The molecule has 0 radical (unpaired) electrons. The summed E-state index contributed by atoms with van der Waals surface area (Å²) in [7, 11) is 0. The van der Waals surface area contributed by atoms with Crippen LogP contribution in [-0.2, 0) is 16.1 Å². The topological polar surface area (TPSA) is 74.1 Å². The lowest BCUT2D eigenvalue weighted by molar-refractivity contribution is -0.137. The first-order valence-corrected chi connectivity index (χ1v) is 10.0. The fourth-order valence-corrected chi connectivity index (χ4v) is 4.06. The van der Waals surface area contributed by atoms with Gasteiger partial charge in [-0.1, -0.05) is 17.7 Å². The maximum atomic E-state index is 12.9. The van der Waals surface area contributed by atoms with Crippen LogP contribution in [0.5, 0.6) is 0 Å². The van der Waals surface area contributed by atoms with Gasteiger partial charge in [0.2, 0.25) is 11.8 Å². The van der Waals surface area contributed by atoms with Crippen molar-refractivity contribution in [2.24, 2.45) is 5.92 Å². The SMILES string of the molecule is O=C1CC(C(=O)N2CCN(C(=O)c3cccc(Cl)c3)CC2)CN1Cc1ccco1. The lowest BCUT2D eigenvalue weighted by Crippen LogP contribution is -2.52. The number of hydrogen-bond donors (Lipinski definition) is 0. The molecule has 0 N–H and O–H groups in total. The molecule has 2 aliphatic heterocycles. The number of halogens is 1. The monoisotopic (exact) mass is 415 g/mol. The minimum Gasteiger partial charge on any atom is -0.467 e. The summed E-state index contributed by atoms with van der Waals surface area (Å²) in [5.74, 6) is 0.233. The smallest absolute Gasteiger partial charge is 0.254 e.